The largest absolute Gasteiger partial charge is 0.297 e. The summed E-state index contributed by atoms with van der Waals surface area (Å²) in [6.07, 6.45) is 0. The Morgan fingerprint density at radius 1 is 0.824 bits per heavy atom. The van der Waals surface area contributed by atoms with Crippen molar-refractivity contribution in [1.29, 1.82) is 0 Å². The van der Waals surface area contributed by atoms with Gasteiger partial charge in [-0.3, -0.25) is 4.79 Å². The molecule has 1 nitrogen and oxygen atoms in total. The van der Waals surface area contributed by atoms with Gasteiger partial charge in [-0.05, 0) is 6.92 Å². The molecule has 8 heteroatoms. The Labute approximate surface area is 130 Å². The van der Waals surface area contributed by atoms with E-state index in [2.05, 4.69) is 0 Å². The molecule has 0 unspecified atom stereocenters. The van der Waals surface area contributed by atoms with Crippen molar-refractivity contribution in [2.24, 2.45) is 0 Å². The van der Waals surface area contributed by atoms with Crippen LogP contribution in [-0.4, -0.2) is 44.7 Å². The summed E-state index contributed by atoms with van der Waals surface area (Å²) in [6.45, 7) is 0.375. The number of carbonyl (C=O) groups is 1. The predicted molar refractivity (Wildman–Crippen MR) is 74.5 cm³/mol. The summed E-state index contributed by atoms with van der Waals surface area (Å²) in [4.78, 5) is 9.44. The van der Waals surface area contributed by atoms with Gasteiger partial charge in [-0.2, -0.15) is 0 Å². The van der Waals surface area contributed by atoms with Gasteiger partial charge in [-0.1, -0.05) is 0 Å². The first-order valence-corrected chi connectivity index (χ1v) is 7.25. The zero-order valence-electron chi connectivity index (χ0n) is 8.73. The summed E-state index contributed by atoms with van der Waals surface area (Å²) in [6, 6.07) is 0. The molecule has 0 aromatic heterocycles. The van der Waals surface area contributed by atoms with E-state index in [9.17, 15) is 9.18 Å². The van der Waals surface area contributed by atoms with Gasteiger partial charge in [0.15, 0.2) is 5.78 Å². The van der Waals surface area contributed by atoms with Crippen LogP contribution in [0.2, 0.25) is 0 Å². The number of halogens is 7. The molecule has 1 aliphatic carbocycles. The van der Waals surface area contributed by atoms with Gasteiger partial charge in [0.05, 0.1) is 32.3 Å². The van der Waals surface area contributed by atoms with E-state index in [1.54, 1.807) is 0 Å². The molecule has 0 radical (unpaired) electrons. The number of hydrogen-bond donors (Lipinski definition) is 0. The molecule has 1 saturated carbocycles. The van der Waals surface area contributed by atoms with Crippen LogP contribution in [0.4, 0.5) is 4.39 Å². The van der Waals surface area contributed by atoms with Crippen molar-refractivity contribution in [3.05, 3.63) is 0 Å². The van der Waals surface area contributed by atoms with Crippen molar-refractivity contribution in [3.8, 4) is 0 Å². The Bertz CT molecular complexity index is 195. The van der Waals surface area contributed by atoms with Crippen molar-refractivity contribution < 1.29 is 9.18 Å². The van der Waals surface area contributed by atoms with E-state index in [0.717, 1.165) is 0 Å². The Morgan fingerprint density at radius 3 is 1.00 bits per heavy atom. The first-order chi connectivity index (χ1) is 7.73. The monoisotopic (exact) mass is 364 g/mol. The lowest BCUT2D eigenvalue weighted by atomic mass is 9.97. The van der Waals surface area contributed by atoms with Gasteiger partial charge in [0, 0.05) is 0 Å². The Balaban J connectivity index is 0.000000437. The molecule has 0 bridgehead atoms. The van der Waals surface area contributed by atoms with E-state index in [0.29, 0.717) is 0 Å². The molecule has 0 aliphatic heterocycles. The minimum absolute atomic E-state index is 0.412. The Hall–Kier alpha value is 1.34. The van der Waals surface area contributed by atoms with E-state index in [-0.39, 0.29) is 0 Å². The van der Waals surface area contributed by atoms with E-state index >= 15 is 0 Å². The molecule has 1 rings (SSSR count). The normalized spacial score (nSPS) is 41.4. The van der Waals surface area contributed by atoms with Crippen LogP contribution in [0.3, 0.4) is 0 Å². The van der Waals surface area contributed by atoms with Crippen LogP contribution in [-0.2, 0) is 4.79 Å². The number of carbonyl (C=O) groups excluding carboxylic acids is 1. The van der Waals surface area contributed by atoms with Crippen molar-refractivity contribution in [3.63, 3.8) is 0 Å². The molecule has 0 spiro atoms. The van der Waals surface area contributed by atoms with E-state index in [1.165, 1.54) is 6.92 Å². The molecule has 1 aliphatic rings. The highest BCUT2D eigenvalue weighted by atomic mass is 35.5. The fraction of sp³-hybridized carbons (Fsp3) is 0.889. The Morgan fingerprint density at radius 2 is 0.941 bits per heavy atom. The highest BCUT2D eigenvalue weighted by molar-refractivity contribution is 6.45. The topological polar surface area (TPSA) is 17.1 Å². The zero-order valence-corrected chi connectivity index (χ0v) is 13.3. The molecule has 0 saturated heterocycles. The molecule has 102 valence electrons. The average Bonchev–Trinajstić information content (AvgIpc) is 2.32. The molecular formula is C9H11Cl6FO. The van der Waals surface area contributed by atoms with Gasteiger partial charge >= 0.3 is 0 Å². The summed E-state index contributed by atoms with van der Waals surface area (Å²) in [7, 11) is 0. The van der Waals surface area contributed by atoms with Crippen LogP contribution in [0.25, 0.3) is 0 Å². The van der Waals surface area contributed by atoms with Crippen LogP contribution >= 0.6 is 69.6 Å². The van der Waals surface area contributed by atoms with Gasteiger partial charge in [-0.25, -0.2) is 4.39 Å². The Kier molecular flexibility index (Phi) is 9.17. The average molecular weight is 367 g/mol. The number of Topliss-reactive ketones (excluding diaryl/α,β-unsaturated/α-hetero) is 1. The maximum absolute atomic E-state index is 10.8. The third kappa shape index (κ3) is 5.46. The van der Waals surface area contributed by atoms with Gasteiger partial charge in [0.1, 0.15) is 6.67 Å². The number of alkyl halides is 7. The van der Waals surface area contributed by atoms with Crippen LogP contribution in [0.5, 0.6) is 0 Å². The smallest absolute Gasteiger partial charge is 0.160 e. The zero-order chi connectivity index (χ0) is 13.7. The molecule has 0 atom stereocenters. The maximum atomic E-state index is 10.8. The quantitative estimate of drug-likeness (QED) is 0.636. The molecule has 0 N–H and O–H groups in total. The summed E-state index contributed by atoms with van der Waals surface area (Å²) in [5.74, 6) is -0.412. The minimum atomic E-state index is -0.833. The van der Waals surface area contributed by atoms with Crippen molar-refractivity contribution >= 4 is 75.4 Å². The van der Waals surface area contributed by atoms with Crippen LogP contribution in [0.15, 0.2) is 0 Å². The van der Waals surface area contributed by atoms with E-state index < -0.39 is 44.7 Å². The van der Waals surface area contributed by atoms with Crippen molar-refractivity contribution in [2.45, 2.75) is 39.2 Å². The fourth-order valence-electron chi connectivity index (χ4n) is 1.05. The van der Waals surface area contributed by atoms with Gasteiger partial charge < -0.3 is 0 Å². The molecule has 1 fully saturated rings. The predicted octanol–water partition coefficient (Wildman–Crippen LogP) is 4.19. The summed E-state index contributed by atoms with van der Waals surface area (Å²) < 4.78 is 10.8. The van der Waals surface area contributed by atoms with Gasteiger partial charge in [0.25, 0.3) is 0 Å². The summed E-state index contributed by atoms with van der Waals surface area (Å²) in [5.41, 5.74) is 0. The van der Waals surface area contributed by atoms with Crippen LogP contribution in [0.1, 0.15) is 6.92 Å². The number of rotatable bonds is 1. The highest BCUT2D eigenvalue weighted by Gasteiger charge is 2.46. The second-order valence-corrected chi connectivity index (χ2v) is 6.53. The lowest BCUT2D eigenvalue weighted by Gasteiger charge is -2.37. The third-order valence-electron chi connectivity index (χ3n) is 2.01. The van der Waals surface area contributed by atoms with Crippen molar-refractivity contribution in [2.75, 3.05) is 6.67 Å². The number of ketones is 1. The second kappa shape index (κ2) is 8.50. The van der Waals surface area contributed by atoms with Crippen molar-refractivity contribution in [1.82, 2.24) is 0 Å². The third-order valence-corrected chi connectivity index (χ3v) is 6.04. The van der Waals surface area contributed by atoms with Crippen LogP contribution in [0, 0.1) is 0 Å². The van der Waals surface area contributed by atoms with E-state index in [1.807, 2.05) is 0 Å². The molecule has 0 heterocycles. The van der Waals surface area contributed by atoms with Gasteiger partial charge in [-0.15, -0.1) is 69.6 Å². The first kappa shape index (κ1) is 18.3. The lowest BCUT2D eigenvalue weighted by molar-refractivity contribution is -0.117. The molecular weight excluding hydrogens is 356 g/mol. The maximum Gasteiger partial charge on any atom is 0.160 e. The van der Waals surface area contributed by atoms with Crippen LogP contribution < -0.4 is 0 Å². The number of hydrogen-bond acceptors (Lipinski definition) is 1. The molecule has 0 amide bonds. The highest BCUT2D eigenvalue weighted by Crippen LogP contribution is 2.39. The second-order valence-electron chi connectivity index (χ2n) is 3.50. The minimum Gasteiger partial charge on any atom is -0.297 e. The molecule has 0 aromatic rings. The SMILES string of the molecule is CC(=O)CF.ClC1C(Cl)C(Cl)C(Cl)C(Cl)C1Cl. The molecule has 17 heavy (non-hydrogen) atoms. The fourth-order valence-corrected chi connectivity index (χ4v) is 3.38. The lowest BCUT2D eigenvalue weighted by Crippen LogP contribution is -2.52. The summed E-state index contributed by atoms with van der Waals surface area (Å²) >= 11 is 35.3. The first-order valence-electron chi connectivity index (χ1n) is 4.63. The van der Waals surface area contributed by atoms with E-state index in [4.69, 9.17) is 69.6 Å². The van der Waals surface area contributed by atoms with Gasteiger partial charge in [0.2, 0.25) is 0 Å². The summed E-state index contributed by atoms with van der Waals surface area (Å²) in [5, 5.41) is -2.62. The standard InChI is InChI=1S/C6H6Cl6.C3H5FO/c7-1-2(8)4(10)6(12)5(11)3(1)9;1-3(5)2-4/h1-6H;2H2,1H3. The molecule has 0 aromatic carbocycles.